The fourth-order valence-electron chi connectivity index (χ4n) is 4.54. The van der Waals surface area contributed by atoms with E-state index >= 15 is 0 Å². The molecule has 1 aromatic heterocycles. The molecule has 1 spiro atoms. The molecule has 5 heteroatoms. The van der Waals surface area contributed by atoms with Crippen LogP contribution in [0.25, 0.3) is 0 Å². The number of para-hydroxylation sites is 1. The predicted molar refractivity (Wildman–Crippen MR) is 109 cm³/mol. The van der Waals surface area contributed by atoms with Crippen molar-refractivity contribution in [2.75, 3.05) is 13.6 Å². The third kappa shape index (κ3) is 4.04. The van der Waals surface area contributed by atoms with Crippen molar-refractivity contribution in [1.82, 2.24) is 14.8 Å². The number of pyridine rings is 1. The van der Waals surface area contributed by atoms with E-state index in [4.69, 9.17) is 4.74 Å². The number of carbonyl (C=O) groups is 1. The van der Waals surface area contributed by atoms with Gasteiger partial charge in [-0.2, -0.15) is 0 Å². The lowest BCUT2D eigenvalue weighted by molar-refractivity contribution is -0.132. The minimum Gasteiger partial charge on any atom is -0.485 e. The minimum atomic E-state index is -0.277. The number of aromatic nitrogens is 1. The highest BCUT2D eigenvalue weighted by atomic mass is 16.5. The Hall–Kier alpha value is -2.40. The zero-order valence-electron chi connectivity index (χ0n) is 16.8. The summed E-state index contributed by atoms with van der Waals surface area (Å²) in [4.78, 5) is 21.0. The number of ether oxygens (including phenoxy) is 1. The van der Waals surface area contributed by atoms with Crippen LogP contribution in [0.1, 0.15) is 43.9 Å². The Balaban J connectivity index is 1.46. The zero-order valence-corrected chi connectivity index (χ0v) is 16.8. The van der Waals surface area contributed by atoms with Gasteiger partial charge in [0.05, 0.1) is 12.2 Å². The first kappa shape index (κ1) is 18.9. The molecule has 2 aliphatic rings. The SMILES string of the molecule is CC(=O)N1Cc2ccccc2OC2(CCC(N(C)Cc3ccccn3)CC2)C1. The highest BCUT2D eigenvalue weighted by Gasteiger charge is 2.42. The first-order valence-corrected chi connectivity index (χ1v) is 10.2. The Morgan fingerprint density at radius 1 is 1.21 bits per heavy atom. The van der Waals surface area contributed by atoms with Gasteiger partial charge in [-0.15, -0.1) is 0 Å². The number of hydrogen-bond donors (Lipinski definition) is 0. The lowest BCUT2D eigenvalue weighted by Gasteiger charge is -2.43. The summed E-state index contributed by atoms with van der Waals surface area (Å²) in [7, 11) is 2.18. The fourth-order valence-corrected chi connectivity index (χ4v) is 4.54. The number of carbonyl (C=O) groups excluding carboxylic acids is 1. The number of amides is 1. The van der Waals surface area contributed by atoms with Crippen LogP contribution in [0, 0.1) is 0 Å². The molecule has 1 aliphatic carbocycles. The topological polar surface area (TPSA) is 45.7 Å². The van der Waals surface area contributed by atoms with Crippen molar-refractivity contribution in [2.24, 2.45) is 0 Å². The van der Waals surface area contributed by atoms with Gasteiger partial charge in [-0.3, -0.25) is 14.7 Å². The van der Waals surface area contributed by atoms with Gasteiger partial charge in [0.2, 0.25) is 5.91 Å². The minimum absolute atomic E-state index is 0.120. The lowest BCUT2D eigenvalue weighted by atomic mass is 9.81. The molecule has 1 saturated carbocycles. The summed E-state index contributed by atoms with van der Waals surface area (Å²) in [5.74, 6) is 1.06. The highest BCUT2D eigenvalue weighted by molar-refractivity contribution is 5.73. The molecule has 1 aliphatic heterocycles. The van der Waals surface area contributed by atoms with Crippen LogP contribution in [0.3, 0.4) is 0 Å². The zero-order chi connectivity index (χ0) is 19.6. The molecule has 2 heterocycles. The Kier molecular flexibility index (Phi) is 5.36. The Morgan fingerprint density at radius 2 is 1.96 bits per heavy atom. The van der Waals surface area contributed by atoms with Crippen LogP contribution >= 0.6 is 0 Å². The van der Waals surface area contributed by atoms with Crippen molar-refractivity contribution >= 4 is 5.91 Å². The summed E-state index contributed by atoms with van der Waals surface area (Å²) in [6, 6.07) is 14.7. The van der Waals surface area contributed by atoms with Gasteiger partial charge in [0.15, 0.2) is 0 Å². The summed E-state index contributed by atoms with van der Waals surface area (Å²) < 4.78 is 6.59. The van der Waals surface area contributed by atoms with Crippen LogP contribution in [0.4, 0.5) is 0 Å². The molecule has 1 amide bonds. The first-order chi connectivity index (χ1) is 13.5. The molecule has 2 aromatic rings. The molecule has 5 nitrogen and oxygen atoms in total. The largest absolute Gasteiger partial charge is 0.485 e. The maximum absolute atomic E-state index is 12.2. The van der Waals surface area contributed by atoms with Gasteiger partial charge in [-0.25, -0.2) is 0 Å². The normalized spacial score (nSPS) is 24.5. The van der Waals surface area contributed by atoms with Crippen molar-refractivity contribution < 1.29 is 9.53 Å². The van der Waals surface area contributed by atoms with Gasteiger partial charge < -0.3 is 9.64 Å². The number of rotatable bonds is 3. The van der Waals surface area contributed by atoms with Gasteiger partial charge in [0.25, 0.3) is 0 Å². The second-order valence-corrected chi connectivity index (χ2v) is 8.24. The predicted octanol–water partition coefficient (Wildman–Crippen LogP) is 3.64. The van der Waals surface area contributed by atoms with E-state index in [0.29, 0.717) is 19.1 Å². The molecular weight excluding hydrogens is 350 g/mol. The summed E-state index contributed by atoms with van der Waals surface area (Å²) in [6.45, 7) is 3.83. The molecule has 1 aromatic carbocycles. The molecule has 0 N–H and O–H groups in total. The fraction of sp³-hybridized carbons (Fsp3) is 0.478. The average molecular weight is 380 g/mol. The molecule has 0 saturated heterocycles. The van der Waals surface area contributed by atoms with Crippen LogP contribution in [0.2, 0.25) is 0 Å². The monoisotopic (exact) mass is 379 g/mol. The second-order valence-electron chi connectivity index (χ2n) is 8.24. The average Bonchev–Trinajstić information content (AvgIpc) is 2.86. The molecule has 1 fully saturated rings. The van der Waals surface area contributed by atoms with E-state index in [2.05, 4.69) is 29.1 Å². The van der Waals surface area contributed by atoms with Gasteiger partial charge >= 0.3 is 0 Å². The number of hydrogen-bond acceptors (Lipinski definition) is 4. The van der Waals surface area contributed by atoms with Crippen LogP contribution < -0.4 is 4.74 Å². The maximum atomic E-state index is 12.2. The van der Waals surface area contributed by atoms with Gasteiger partial charge in [0.1, 0.15) is 11.4 Å². The quantitative estimate of drug-likeness (QED) is 0.817. The van der Waals surface area contributed by atoms with Crippen LogP contribution in [0.5, 0.6) is 5.75 Å². The Labute approximate surface area is 167 Å². The van der Waals surface area contributed by atoms with Crippen LogP contribution in [0.15, 0.2) is 48.7 Å². The molecule has 0 unspecified atom stereocenters. The number of fused-ring (bicyclic) bond motifs is 1. The molecule has 0 bridgehead atoms. The molecular formula is C23H29N3O2. The first-order valence-electron chi connectivity index (χ1n) is 10.2. The van der Waals surface area contributed by atoms with Gasteiger partial charge in [-0.05, 0) is 50.9 Å². The van der Waals surface area contributed by atoms with E-state index in [1.165, 1.54) is 0 Å². The van der Waals surface area contributed by atoms with Crippen LogP contribution in [-0.4, -0.2) is 45.9 Å². The van der Waals surface area contributed by atoms with E-state index < -0.39 is 0 Å². The second kappa shape index (κ2) is 7.92. The Morgan fingerprint density at radius 3 is 2.68 bits per heavy atom. The van der Waals surface area contributed by atoms with Crippen molar-refractivity contribution in [1.29, 1.82) is 0 Å². The van der Waals surface area contributed by atoms with Crippen molar-refractivity contribution in [3.05, 3.63) is 59.9 Å². The smallest absolute Gasteiger partial charge is 0.219 e. The van der Waals surface area contributed by atoms with Crippen molar-refractivity contribution in [3.63, 3.8) is 0 Å². The van der Waals surface area contributed by atoms with E-state index in [-0.39, 0.29) is 11.5 Å². The molecule has 0 atom stereocenters. The van der Waals surface area contributed by atoms with Crippen molar-refractivity contribution in [3.8, 4) is 5.75 Å². The summed E-state index contributed by atoms with van der Waals surface area (Å²) in [5.41, 5.74) is 1.93. The molecule has 4 rings (SSSR count). The lowest BCUT2D eigenvalue weighted by Crippen LogP contribution is -2.51. The molecule has 28 heavy (non-hydrogen) atoms. The molecule has 0 radical (unpaired) electrons. The van der Waals surface area contributed by atoms with Gasteiger partial charge in [0, 0.05) is 37.8 Å². The summed E-state index contributed by atoms with van der Waals surface area (Å²) in [6.07, 6.45) is 5.91. The van der Waals surface area contributed by atoms with E-state index in [1.807, 2.05) is 41.4 Å². The Bertz CT molecular complexity index is 816. The maximum Gasteiger partial charge on any atom is 0.219 e. The summed E-state index contributed by atoms with van der Waals surface area (Å²) in [5, 5.41) is 0. The van der Waals surface area contributed by atoms with Crippen molar-refractivity contribution in [2.45, 2.75) is 57.3 Å². The van der Waals surface area contributed by atoms with E-state index in [0.717, 1.165) is 49.2 Å². The van der Waals surface area contributed by atoms with E-state index in [9.17, 15) is 4.79 Å². The third-order valence-electron chi connectivity index (χ3n) is 6.21. The number of benzene rings is 1. The molecule has 148 valence electrons. The third-order valence-corrected chi connectivity index (χ3v) is 6.21. The highest BCUT2D eigenvalue weighted by Crippen LogP contribution is 2.39. The standard InChI is InChI=1S/C23H29N3O2/c1-18(27)26-15-19-7-3-4-9-22(19)28-23(17-26)12-10-21(11-13-23)25(2)16-20-8-5-6-14-24-20/h3-9,14,21H,10-13,15-17H2,1-2H3. The van der Waals surface area contributed by atoms with Crippen LogP contribution in [-0.2, 0) is 17.9 Å². The van der Waals surface area contributed by atoms with E-state index in [1.54, 1.807) is 6.92 Å². The summed E-state index contributed by atoms with van der Waals surface area (Å²) >= 11 is 0. The number of nitrogens with zero attached hydrogens (tertiary/aromatic N) is 3. The van der Waals surface area contributed by atoms with Gasteiger partial charge in [-0.1, -0.05) is 24.3 Å².